The van der Waals surface area contributed by atoms with Crippen LogP contribution in [0.4, 0.5) is 0 Å². The third-order valence-corrected chi connectivity index (χ3v) is 5.50. The predicted octanol–water partition coefficient (Wildman–Crippen LogP) is 4.48. The van der Waals surface area contributed by atoms with Gasteiger partial charge in [-0.2, -0.15) is 0 Å². The van der Waals surface area contributed by atoms with Crippen LogP contribution >= 0.6 is 0 Å². The SMILES string of the molecule is CCCCCCCCCCCCCCC/C=C/OC[C@H](O)[C@H]1OC[C@@H](O)[C@H]1O. The third kappa shape index (κ3) is 12.1. The van der Waals surface area contributed by atoms with E-state index in [1.165, 1.54) is 77.0 Å². The summed E-state index contributed by atoms with van der Waals surface area (Å²) >= 11 is 0. The van der Waals surface area contributed by atoms with Crippen molar-refractivity contribution >= 4 is 0 Å². The summed E-state index contributed by atoms with van der Waals surface area (Å²) in [4.78, 5) is 0. The van der Waals surface area contributed by atoms with E-state index in [0.29, 0.717) is 0 Å². The van der Waals surface area contributed by atoms with Crippen LogP contribution in [0.3, 0.4) is 0 Å². The minimum atomic E-state index is -1.05. The molecule has 1 heterocycles. The van der Waals surface area contributed by atoms with Crippen LogP contribution in [0.5, 0.6) is 0 Å². The van der Waals surface area contributed by atoms with Gasteiger partial charge in [0.25, 0.3) is 0 Å². The number of aliphatic hydroxyl groups excluding tert-OH is 3. The van der Waals surface area contributed by atoms with Crippen molar-refractivity contribution < 1.29 is 24.8 Å². The molecular formula is C23H44O5. The Hall–Kier alpha value is -0.620. The summed E-state index contributed by atoms with van der Waals surface area (Å²) in [6.45, 7) is 2.38. The van der Waals surface area contributed by atoms with Crippen LogP contribution in [0.1, 0.15) is 96.8 Å². The highest BCUT2D eigenvalue weighted by Crippen LogP contribution is 2.18. The van der Waals surface area contributed by atoms with Gasteiger partial charge in [0.05, 0.1) is 12.9 Å². The summed E-state index contributed by atoms with van der Waals surface area (Å²) in [6, 6.07) is 0. The first-order valence-corrected chi connectivity index (χ1v) is 11.6. The second-order valence-corrected chi connectivity index (χ2v) is 8.16. The maximum absolute atomic E-state index is 9.91. The molecule has 0 unspecified atom stereocenters. The van der Waals surface area contributed by atoms with Crippen LogP contribution in [0, 0.1) is 0 Å². The minimum Gasteiger partial charge on any atom is -0.499 e. The summed E-state index contributed by atoms with van der Waals surface area (Å²) in [7, 11) is 0. The van der Waals surface area contributed by atoms with Crippen LogP contribution in [0.25, 0.3) is 0 Å². The number of ether oxygens (including phenoxy) is 2. The Bertz CT molecular complexity index is 374. The van der Waals surface area contributed by atoms with Gasteiger partial charge in [0.15, 0.2) is 0 Å². The molecule has 0 aromatic rings. The fraction of sp³-hybridized carbons (Fsp3) is 0.913. The molecule has 1 rings (SSSR count). The largest absolute Gasteiger partial charge is 0.499 e. The van der Waals surface area contributed by atoms with Crippen molar-refractivity contribution in [2.24, 2.45) is 0 Å². The Kier molecular flexibility index (Phi) is 15.7. The van der Waals surface area contributed by atoms with Gasteiger partial charge in [0.2, 0.25) is 0 Å². The van der Waals surface area contributed by atoms with Crippen molar-refractivity contribution in [3.8, 4) is 0 Å². The quantitative estimate of drug-likeness (QED) is 0.233. The van der Waals surface area contributed by atoms with Crippen LogP contribution in [-0.2, 0) is 9.47 Å². The zero-order valence-electron chi connectivity index (χ0n) is 17.9. The Morgan fingerprint density at radius 3 is 1.93 bits per heavy atom. The smallest absolute Gasteiger partial charge is 0.117 e. The van der Waals surface area contributed by atoms with Gasteiger partial charge >= 0.3 is 0 Å². The lowest BCUT2D eigenvalue weighted by atomic mass is 10.0. The van der Waals surface area contributed by atoms with Gasteiger partial charge in [-0.15, -0.1) is 0 Å². The molecule has 0 bridgehead atoms. The summed E-state index contributed by atoms with van der Waals surface area (Å²) in [5, 5.41) is 29.0. The summed E-state index contributed by atoms with van der Waals surface area (Å²) in [5.74, 6) is 0. The molecule has 5 heteroatoms. The van der Waals surface area contributed by atoms with E-state index in [1.54, 1.807) is 6.26 Å². The maximum Gasteiger partial charge on any atom is 0.117 e. The fourth-order valence-corrected chi connectivity index (χ4v) is 3.63. The van der Waals surface area contributed by atoms with E-state index in [2.05, 4.69) is 6.92 Å². The maximum atomic E-state index is 9.91. The minimum absolute atomic E-state index is 0.0534. The Morgan fingerprint density at radius 1 is 0.893 bits per heavy atom. The molecule has 1 aliphatic rings. The predicted molar refractivity (Wildman–Crippen MR) is 113 cm³/mol. The Labute approximate surface area is 172 Å². The Balaban J connectivity index is 1.81. The molecule has 1 saturated heterocycles. The average Bonchev–Trinajstić information content (AvgIpc) is 3.03. The first kappa shape index (κ1) is 25.4. The lowest BCUT2D eigenvalue weighted by molar-refractivity contribution is -0.0703. The first-order chi connectivity index (χ1) is 13.7. The number of aliphatic hydroxyl groups is 3. The molecule has 0 radical (unpaired) electrons. The van der Waals surface area contributed by atoms with Gasteiger partial charge < -0.3 is 24.8 Å². The van der Waals surface area contributed by atoms with Gasteiger partial charge in [-0.05, 0) is 18.9 Å². The molecule has 3 N–H and O–H groups in total. The van der Waals surface area contributed by atoms with Crippen LogP contribution in [0.15, 0.2) is 12.3 Å². The third-order valence-electron chi connectivity index (χ3n) is 5.50. The molecule has 28 heavy (non-hydrogen) atoms. The van der Waals surface area contributed by atoms with Crippen LogP contribution in [0.2, 0.25) is 0 Å². The van der Waals surface area contributed by atoms with E-state index in [9.17, 15) is 15.3 Å². The number of rotatable bonds is 18. The zero-order valence-corrected chi connectivity index (χ0v) is 17.9. The van der Waals surface area contributed by atoms with E-state index < -0.39 is 24.4 Å². The summed E-state index contributed by atoms with van der Waals surface area (Å²) in [6.07, 6.45) is 18.5. The highest BCUT2D eigenvalue weighted by atomic mass is 16.5. The molecule has 4 atom stereocenters. The lowest BCUT2D eigenvalue weighted by Gasteiger charge is -2.20. The van der Waals surface area contributed by atoms with E-state index >= 15 is 0 Å². The molecule has 0 aromatic carbocycles. The van der Waals surface area contributed by atoms with Crippen molar-refractivity contribution in [1.82, 2.24) is 0 Å². The first-order valence-electron chi connectivity index (χ1n) is 11.6. The number of hydrogen-bond donors (Lipinski definition) is 3. The van der Waals surface area contributed by atoms with Crippen molar-refractivity contribution in [3.63, 3.8) is 0 Å². The highest BCUT2D eigenvalue weighted by molar-refractivity contribution is 4.88. The molecule has 0 saturated carbocycles. The van der Waals surface area contributed by atoms with E-state index in [1.807, 2.05) is 6.08 Å². The number of unbranched alkanes of at least 4 members (excludes halogenated alkanes) is 13. The summed E-state index contributed by atoms with van der Waals surface area (Å²) in [5.41, 5.74) is 0. The van der Waals surface area contributed by atoms with Gasteiger partial charge in [0, 0.05) is 0 Å². The van der Waals surface area contributed by atoms with Crippen LogP contribution in [-0.4, -0.2) is 52.9 Å². The molecule has 0 spiro atoms. The van der Waals surface area contributed by atoms with Crippen molar-refractivity contribution in [1.29, 1.82) is 0 Å². The van der Waals surface area contributed by atoms with E-state index in [-0.39, 0.29) is 13.2 Å². The molecular weight excluding hydrogens is 356 g/mol. The van der Waals surface area contributed by atoms with Crippen molar-refractivity contribution in [3.05, 3.63) is 12.3 Å². The normalized spacial score (nSPS) is 23.5. The second-order valence-electron chi connectivity index (χ2n) is 8.16. The van der Waals surface area contributed by atoms with Crippen molar-refractivity contribution in [2.45, 2.75) is 121 Å². The van der Waals surface area contributed by atoms with Gasteiger partial charge in [-0.25, -0.2) is 0 Å². The van der Waals surface area contributed by atoms with E-state index in [0.717, 1.165) is 12.8 Å². The molecule has 0 aromatic heterocycles. The highest BCUT2D eigenvalue weighted by Gasteiger charge is 2.39. The standard InChI is InChI=1S/C23H44O5/c1-2-3-4-5-6-7-8-9-10-11-12-13-14-15-16-17-27-18-21(25)23-22(26)20(24)19-28-23/h16-17,20-26H,2-15,18-19H2,1H3/b17-16+/t20-,21+,22-,23-/m1/s1. The lowest BCUT2D eigenvalue weighted by Crippen LogP contribution is -2.40. The summed E-state index contributed by atoms with van der Waals surface area (Å²) < 4.78 is 10.5. The molecule has 1 fully saturated rings. The van der Waals surface area contributed by atoms with Gasteiger partial charge in [-0.1, -0.05) is 84.0 Å². The van der Waals surface area contributed by atoms with Gasteiger partial charge in [-0.3, -0.25) is 0 Å². The fourth-order valence-electron chi connectivity index (χ4n) is 3.63. The molecule has 0 amide bonds. The second kappa shape index (κ2) is 17.3. The van der Waals surface area contributed by atoms with E-state index in [4.69, 9.17) is 9.47 Å². The monoisotopic (exact) mass is 400 g/mol. The topological polar surface area (TPSA) is 79.2 Å². The number of hydrogen-bond acceptors (Lipinski definition) is 5. The molecule has 1 aliphatic heterocycles. The Morgan fingerprint density at radius 2 is 1.43 bits per heavy atom. The van der Waals surface area contributed by atoms with Gasteiger partial charge in [0.1, 0.15) is 31.0 Å². The number of allylic oxidation sites excluding steroid dienone is 1. The zero-order chi connectivity index (χ0) is 20.5. The molecule has 0 aliphatic carbocycles. The van der Waals surface area contributed by atoms with Crippen LogP contribution < -0.4 is 0 Å². The molecule has 166 valence electrons. The molecule has 5 nitrogen and oxygen atoms in total. The average molecular weight is 401 g/mol. The van der Waals surface area contributed by atoms with Crippen molar-refractivity contribution in [2.75, 3.05) is 13.2 Å².